The van der Waals surface area contributed by atoms with Crippen LogP contribution >= 0.6 is 0 Å². The number of nitrogens with one attached hydrogen (secondary N) is 1. The number of alkyl halides is 4. The average Bonchev–Trinajstić information content (AvgIpc) is 3.13. The fourth-order valence-electron chi connectivity index (χ4n) is 4.03. The van der Waals surface area contributed by atoms with Gasteiger partial charge < -0.3 is 5.73 Å². The number of aromatic amines is 1. The van der Waals surface area contributed by atoms with Crippen molar-refractivity contribution in [2.45, 2.75) is 128 Å². The highest BCUT2D eigenvalue weighted by Crippen LogP contribution is 2.19. The number of carbonyl (C=O) groups is 1. The van der Waals surface area contributed by atoms with Gasteiger partial charge in [0.15, 0.2) is 0 Å². The molecule has 0 aromatic carbocycles. The molecule has 1 aromatic rings. The molecule has 0 bridgehead atoms. The minimum atomic E-state index is -2.19. The molecule has 8 heteroatoms. The van der Waals surface area contributed by atoms with E-state index in [2.05, 4.69) is 10.2 Å². The van der Waals surface area contributed by atoms with Crippen molar-refractivity contribution in [2.75, 3.05) is 0 Å². The lowest BCUT2D eigenvalue weighted by molar-refractivity contribution is 0.0998. The van der Waals surface area contributed by atoms with E-state index in [0.29, 0.717) is 24.8 Å². The van der Waals surface area contributed by atoms with Gasteiger partial charge in [0.1, 0.15) is 0 Å². The van der Waals surface area contributed by atoms with E-state index in [1.807, 2.05) is 0 Å². The van der Waals surface area contributed by atoms with Crippen molar-refractivity contribution >= 4 is 5.91 Å². The number of primary amides is 1. The van der Waals surface area contributed by atoms with Crippen molar-refractivity contribution in [3.05, 3.63) is 17.0 Å². The molecule has 1 rings (SSSR count). The van der Waals surface area contributed by atoms with Crippen LogP contribution in [-0.4, -0.2) is 29.0 Å². The lowest BCUT2D eigenvalue weighted by Gasteiger charge is -2.04. The van der Waals surface area contributed by atoms with Crippen LogP contribution in [0.5, 0.6) is 0 Å². The van der Waals surface area contributed by atoms with E-state index in [0.717, 1.165) is 94.9 Å². The number of halogens is 4. The van der Waals surface area contributed by atoms with Gasteiger partial charge in [-0.15, -0.1) is 0 Å². The number of carbonyl (C=O) groups excluding carboxylic acids is 1. The van der Waals surface area contributed by atoms with Crippen molar-refractivity contribution in [2.24, 2.45) is 5.73 Å². The topological polar surface area (TPSA) is 71.8 Å². The van der Waals surface area contributed by atoms with E-state index < -0.39 is 18.8 Å². The Morgan fingerprint density at radius 1 is 0.688 bits per heavy atom. The number of amides is 1. The molecule has 186 valence electrons. The number of H-pyrrole nitrogens is 1. The zero-order chi connectivity index (χ0) is 23.6. The van der Waals surface area contributed by atoms with Crippen molar-refractivity contribution in [3.63, 3.8) is 0 Å². The molecule has 32 heavy (non-hydrogen) atoms. The van der Waals surface area contributed by atoms with E-state index in [1.54, 1.807) is 0 Å². The van der Waals surface area contributed by atoms with Gasteiger partial charge in [0.2, 0.25) is 12.9 Å². The van der Waals surface area contributed by atoms with Crippen LogP contribution in [0.1, 0.15) is 124 Å². The van der Waals surface area contributed by atoms with Gasteiger partial charge in [-0.05, 0) is 38.5 Å². The molecule has 0 atom stereocenters. The number of hydrogen-bond acceptors (Lipinski definition) is 2. The van der Waals surface area contributed by atoms with Crippen molar-refractivity contribution < 1.29 is 22.4 Å². The number of aromatic nitrogens is 2. The van der Waals surface area contributed by atoms with E-state index in [4.69, 9.17) is 5.73 Å². The van der Waals surface area contributed by atoms with Gasteiger partial charge in [-0.3, -0.25) is 9.89 Å². The molecule has 0 saturated carbocycles. The molecule has 0 aliphatic rings. The minimum Gasteiger partial charge on any atom is -0.365 e. The summed E-state index contributed by atoms with van der Waals surface area (Å²) in [6, 6.07) is 0. The predicted octanol–water partition coefficient (Wildman–Crippen LogP) is 7.37. The summed E-state index contributed by atoms with van der Waals surface area (Å²) in [5.74, 6) is -0.443. The maximum Gasteiger partial charge on any atom is 0.252 e. The molecule has 0 fully saturated rings. The van der Waals surface area contributed by atoms with Crippen LogP contribution in [-0.2, 0) is 12.8 Å². The van der Waals surface area contributed by atoms with Crippen LogP contribution in [0.15, 0.2) is 0 Å². The first-order valence-electron chi connectivity index (χ1n) is 12.3. The number of rotatable bonds is 21. The molecule has 0 unspecified atom stereocenters. The van der Waals surface area contributed by atoms with Gasteiger partial charge in [0, 0.05) is 18.5 Å². The Bertz CT molecular complexity index is 565. The van der Waals surface area contributed by atoms with Crippen LogP contribution in [0, 0.1) is 0 Å². The second-order valence-electron chi connectivity index (χ2n) is 8.70. The number of hydrogen-bond donors (Lipinski definition) is 2. The van der Waals surface area contributed by atoms with Crippen molar-refractivity contribution in [3.8, 4) is 0 Å². The third-order valence-corrected chi connectivity index (χ3v) is 5.85. The highest BCUT2D eigenvalue weighted by Gasteiger charge is 2.17. The third-order valence-electron chi connectivity index (χ3n) is 5.85. The first kappa shape index (κ1) is 28.4. The largest absolute Gasteiger partial charge is 0.365 e. The quantitative estimate of drug-likeness (QED) is 0.148. The predicted molar refractivity (Wildman–Crippen MR) is 120 cm³/mol. The molecule has 0 aliphatic heterocycles. The van der Waals surface area contributed by atoms with Crippen LogP contribution in [0.4, 0.5) is 17.6 Å². The zero-order valence-electron chi connectivity index (χ0n) is 19.3. The average molecular weight is 464 g/mol. The van der Waals surface area contributed by atoms with E-state index in [9.17, 15) is 22.4 Å². The maximum atomic E-state index is 12.1. The first-order valence-corrected chi connectivity index (χ1v) is 12.3. The molecule has 3 N–H and O–H groups in total. The second kappa shape index (κ2) is 17.9. The van der Waals surface area contributed by atoms with Crippen molar-refractivity contribution in [1.29, 1.82) is 0 Å². The molecule has 1 heterocycles. The van der Waals surface area contributed by atoms with E-state index >= 15 is 0 Å². The Balaban J connectivity index is 2.18. The number of aryl methyl sites for hydroxylation is 2. The SMILES string of the molecule is NC(=O)c1c(CCCCCCCCCC(F)F)n[nH]c1CCCCCCCCCC(F)F. The fraction of sp³-hybridized carbons (Fsp3) is 0.833. The number of nitrogens with two attached hydrogens (primary N) is 1. The summed E-state index contributed by atoms with van der Waals surface area (Å²) >= 11 is 0. The Kier molecular flexibility index (Phi) is 15.9. The Hall–Kier alpha value is -1.60. The Morgan fingerprint density at radius 3 is 1.53 bits per heavy atom. The molecule has 0 radical (unpaired) electrons. The number of nitrogens with zero attached hydrogens (tertiary/aromatic N) is 1. The summed E-state index contributed by atoms with van der Waals surface area (Å²) in [6.07, 6.45) is 10.1. The normalized spacial score (nSPS) is 11.7. The fourth-order valence-corrected chi connectivity index (χ4v) is 4.03. The summed E-state index contributed by atoms with van der Waals surface area (Å²) in [7, 11) is 0. The molecule has 0 aliphatic carbocycles. The smallest absolute Gasteiger partial charge is 0.252 e. The lowest BCUT2D eigenvalue weighted by Crippen LogP contribution is -2.15. The highest BCUT2D eigenvalue weighted by molar-refractivity contribution is 5.95. The minimum absolute atomic E-state index is 0.000955. The molecular formula is C24H41F4N3O. The first-order chi connectivity index (χ1) is 15.4. The van der Waals surface area contributed by atoms with Gasteiger partial charge in [-0.2, -0.15) is 5.10 Å². The molecule has 4 nitrogen and oxygen atoms in total. The van der Waals surface area contributed by atoms with Crippen LogP contribution in [0.2, 0.25) is 0 Å². The van der Waals surface area contributed by atoms with Gasteiger partial charge >= 0.3 is 0 Å². The van der Waals surface area contributed by atoms with Gasteiger partial charge in [-0.25, -0.2) is 17.6 Å². The molecule has 0 saturated heterocycles. The Morgan fingerprint density at radius 2 is 1.09 bits per heavy atom. The Labute approximate surface area is 190 Å². The van der Waals surface area contributed by atoms with Gasteiger partial charge in [0.25, 0.3) is 5.91 Å². The monoisotopic (exact) mass is 463 g/mol. The molecular weight excluding hydrogens is 422 g/mol. The van der Waals surface area contributed by atoms with Crippen molar-refractivity contribution in [1.82, 2.24) is 10.2 Å². The highest BCUT2D eigenvalue weighted by atomic mass is 19.3. The summed E-state index contributed by atoms with van der Waals surface area (Å²) in [6.45, 7) is 0. The standard InChI is InChI=1S/C24H41F4N3O/c25-21(26)17-13-9-5-1-3-7-11-15-19-23(24(29)32)20(31-30-19)16-12-8-4-2-6-10-14-18-22(27)28/h21-22H,1-18H2,(H2,29,32)(H,30,31). The van der Waals surface area contributed by atoms with Crippen LogP contribution < -0.4 is 5.73 Å². The molecule has 1 aromatic heterocycles. The summed E-state index contributed by atoms with van der Waals surface area (Å²) in [5.41, 5.74) is 7.67. The van der Waals surface area contributed by atoms with Gasteiger partial charge in [0.05, 0.1) is 11.3 Å². The zero-order valence-corrected chi connectivity index (χ0v) is 19.3. The van der Waals surface area contributed by atoms with E-state index in [1.165, 1.54) is 0 Å². The molecule has 0 spiro atoms. The summed E-state index contributed by atoms with van der Waals surface area (Å²) in [4.78, 5) is 11.9. The lowest BCUT2D eigenvalue weighted by atomic mass is 10.0. The summed E-state index contributed by atoms with van der Waals surface area (Å²) < 4.78 is 48.3. The molecule has 1 amide bonds. The maximum absolute atomic E-state index is 12.1. The number of unbranched alkanes of at least 4 members (excludes halogenated alkanes) is 12. The van der Waals surface area contributed by atoms with Crippen LogP contribution in [0.25, 0.3) is 0 Å². The van der Waals surface area contributed by atoms with E-state index in [-0.39, 0.29) is 12.8 Å². The third kappa shape index (κ3) is 13.7. The van der Waals surface area contributed by atoms with Crippen LogP contribution in [0.3, 0.4) is 0 Å². The second-order valence-corrected chi connectivity index (χ2v) is 8.70. The van der Waals surface area contributed by atoms with Gasteiger partial charge in [-0.1, -0.05) is 64.2 Å². The summed E-state index contributed by atoms with van der Waals surface area (Å²) in [5, 5.41) is 7.30.